The van der Waals surface area contributed by atoms with E-state index in [2.05, 4.69) is 19.9 Å². The molecule has 2 atom stereocenters. The SMILES string of the molecule is CC(=O)O/C=C/C1=C[C@H](C)C[C@H](C)C1. The predicted molar refractivity (Wildman–Crippen MR) is 56.6 cm³/mol. The number of hydrogen-bond donors (Lipinski definition) is 0. The molecule has 0 unspecified atom stereocenters. The Labute approximate surface area is 85.6 Å². The summed E-state index contributed by atoms with van der Waals surface area (Å²) < 4.78 is 4.75. The summed E-state index contributed by atoms with van der Waals surface area (Å²) in [5.74, 6) is 1.10. The van der Waals surface area contributed by atoms with Crippen molar-refractivity contribution in [2.75, 3.05) is 0 Å². The lowest BCUT2D eigenvalue weighted by molar-refractivity contribution is -0.135. The predicted octanol–water partition coefficient (Wildman–Crippen LogP) is 3.06. The van der Waals surface area contributed by atoms with Crippen LogP contribution >= 0.6 is 0 Å². The van der Waals surface area contributed by atoms with Gasteiger partial charge in [-0.3, -0.25) is 4.79 Å². The van der Waals surface area contributed by atoms with Crippen LogP contribution < -0.4 is 0 Å². The monoisotopic (exact) mass is 194 g/mol. The van der Waals surface area contributed by atoms with Crippen molar-refractivity contribution >= 4 is 5.97 Å². The third-order valence-electron chi connectivity index (χ3n) is 2.37. The summed E-state index contributed by atoms with van der Waals surface area (Å²) in [6.07, 6.45) is 7.97. The van der Waals surface area contributed by atoms with Crippen LogP contribution in [-0.4, -0.2) is 5.97 Å². The first kappa shape index (κ1) is 11.0. The summed E-state index contributed by atoms with van der Waals surface area (Å²) in [5, 5.41) is 0. The van der Waals surface area contributed by atoms with E-state index in [0.717, 1.165) is 12.3 Å². The molecule has 1 aliphatic rings. The lowest BCUT2D eigenvalue weighted by atomic mass is 9.84. The zero-order chi connectivity index (χ0) is 10.6. The van der Waals surface area contributed by atoms with Crippen LogP contribution in [0, 0.1) is 11.8 Å². The van der Waals surface area contributed by atoms with Crippen LogP contribution in [0.25, 0.3) is 0 Å². The Kier molecular flexibility index (Phi) is 3.93. The molecular weight excluding hydrogens is 176 g/mol. The molecule has 0 amide bonds. The molecule has 0 saturated carbocycles. The Balaban J connectivity index is 2.51. The molecule has 78 valence electrons. The van der Waals surface area contributed by atoms with Gasteiger partial charge in [0.1, 0.15) is 0 Å². The highest BCUT2D eigenvalue weighted by atomic mass is 16.5. The van der Waals surface area contributed by atoms with Gasteiger partial charge >= 0.3 is 5.97 Å². The number of esters is 1. The van der Waals surface area contributed by atoms with Crippen molar-refractivity contribution in [3.8, 4) is 0 Å². The molecule has 0 heterocycles. The Morgan fingerprint density at radius 2 is 2.29 bits per heavy atom. The smallest absolute Gasteiger partial charge is 0.307 e. The molecule has 0 bridgehead atoms. The van der Waals surface area contributed by atoms with Gasteiger partial charge in [-0.15, -0.1) is 0 Å². The van der Waals surface area contributed by atoms with Gasteiger partial charge in [0.15, 0.2) is 0 Å². The maximum atomic E-state index is 10.5. The number of hydrogen-bond acceptors (Lipinski definition) is 2. The topological polar surface area (TPSA) is 26.3 Å². The Morgan fingerprint density at radius 1 is 1.57 bits per heavy atom. The molecule has 0 radical (unpaired) electrons. The van der Waals surface area contributed by atoms with Crippen LogP contribution in [0.3, 0.4) is 0 Å². The number of ether oxygens (including phenoxy) is 1. The van der Waals surface area contributed by atoms with Crippen molar-refractivity contribution in [3.63, 3.8) is 0 Å². The standard InChI is InChI=1S/C12H18O2/c1-9-6-10(2)8-12(7-9)4-5-14-11(3)13/h4-5,7,9-10H,6,8H2,1-3H3/b5-4+/t9-,10+/m1/s1. The van der Waals surface area contributed by atoms with E-state index in [1.807, 2.05) is 6.08 Å². The third kappa shape index (κ3) is 3.77. The number of rotatable bonds is 2. The van der Waals surface area contributed by atoms with Gasteiger partial charge in [0.05, 0.1) is 6.26 Å². The minimum Gasteiger partial charge on any atom is -0.435 e. The molecule has 14 heavy (non-hydrogen) atoms. The fourth-order valence-corrected chi connectivity index (χ4v) is 1.96. The molecule has 0 fully saturated rings. The van der Waals surface area contributed by atoms with E-state index in [1.54, 1.807) is 0 Å². The van der Waals surface area contributed by atoms with Gasteiger partial charge < -0.3 is 4.74 Å². The zero-order valence-electron chi connectivity index (χ0n) is 9.12. The lowest BCUT2D eigenvalue weighted by Gasteiger charge is -2.21. The van der Waals surface area contributed by atoms with Crippen LogP contribution in [0.1, 0.15) is 33.6 Å². The van der Waals surface area contributed by atoms with Crippen LogP contribution in [-0.2, 0) is 9.53 Å². The average Bonchev–Trinajstić information content (AvgIpc) is 2.01. The fraction of sp³-hybridized carbons (Fsp3) is 0.583. The zero-order valence-corrected chi connectivity index (χ0v) is 9.12. The van der Waals surface area contributed by atoms with E-state index in [0.29, 0.717) is 5.92 Å². The van der Waals surface area contributed by atoms with Crippen molar-refractivity contribution in [3.05, 3.63) is 24.0 Å². The minimum atomic E-state index is -0.265. The molecule has 2 heteroatoms. The summed E-state index contributed by atoms with van der Waals surface area (Å²) in [4.78, 5) is 10.5. The summed E-state index contributed by atoms with van der Waals surface area (Å²) in [7, 11) is 0. The highest BCUT2D eigenvalue weighted by Gasteiger charge is 2.14. The van der Waals surface area contributed by atoms with Gasteiger partial charge in [0.25, 0.3) is 0 Å². The van der Waals surface area contributed by atoms with Crippen LogP contribution in [0.2, 0.25) is 0 Å². The Hall–Kier alpha value is -1.05. The first-order chi connectivity index (χ1) is 6.58. The van der Waals surface area contributed by atoms with E-state index in [9.17, 15) is 4.79 Å². The molecule has 0 aromatic rings. The van der Waals surface area contributed by atoms with Crippen LogP contribution in [0.15, 0.2) is 24.0 Å². The molecule has 1 rings (SSSR count). The second-order valence-electron chi connectivity index (χ2n) is 4.18. The Morgan fingerprint density at radius 3 is 2.86 bits per heavy atom. The summed E-state index contributed by atoms with van der Waals surface area (Å²) in [6.45, 7) is 5.88. The number of carbonyl (C=O) groups excluding carboxylic acids is 1. The molecule has 2 nitrogen and oxygen atoms in total. The van der Waals surface area contributed by atoms with Crippen molar-refractivity contribution in [2.45, 2.75) is 33.6 Å². The minimum absolute atomic E-state index is 0.265. The van der Waals surface area contributed by atoms with E-state index in [4.69, 9.17) is 4.74 Å². The molecule has 0 N–H and O–H groups in total. The maximum absolute atomic E-state index is 10.5. The second-order valence-corrected chi connectivity index (χ2v) is 4.18. The van der Waals surface area contributed by atoms with E-state index in [-0.39, 0.29) is 5.97 Å². The van der Waals surface area contributed by atoms with E-state index in [1.165, 1.54) is 25.2 Å². The Bertz CT molecular complexity index is 263. The molecule has 1 aliphatic carbocycles. The van der Waals surface area contributed by atoms with Gasteiger partial charge in [-0.25, -0.2) is 0 Å². The van der Waals surface area contributed by atoms with Crippen LogP contribution in [0.5, 0.6) is 0 Å². The quantitative estimate of drug-likeness (QED) is 0.499. The summed E-state index contributed by atoms with van der Waals surface area (Å²) >= 11 is 0. The highest BCUT2D eigenvalue weighted by Crippen LogP contribution is 2.28. The van der Waals surface area contributed by atoms with Crippen molar-refractivity contribution in [1.82, 2.24) is 0 Å². The third-order valence-corrected chi connectivity index (χ3v) is 2.37. The average molecular weight is 194 g/mol. The van der Waals surface area contributed by atoms with Crippen molar-refractivity contribution < 1.29 is 9.53 Å². The molecule has 0 saturated heterocycles. The number of allylic oxidation sites excluding steroid dienone is 3. The molecule has 0 aromatic heterocycles. The van der Waals surface area contributed by atoms with Gasteiger partial charge in [0, 0.05) is 6.92 Å². The van der Waals surface area contributed by atoms with Gasteiger partial charge in [-0.2, -0.15) is 0 Å². The fourth-order valence-electron chi connectivity index (χ4n) is 1.96. The highest BCUT2D eigenvalue weighted by molar-refractivity contribution is 5.66. The molecule has 0 spiro atoms. The van der Waals surface area contributed by atoms with E-state index < -0.39 is 0 Å². The first-order valence-corrected chi connectivity index (χ1v) is 5.12. The normalized spacial score (nSPS) is 27.5. The summed E-state index contributed by atoms with van der Waals surface area (Å²) in [6, 6.07) is 0. The molecule has 0 aromatic carbocycles. The van der Waals surface area contributed by atoms with Crippen molar-refractivity contribution in [1.29, 1.82) is 0 Å². The largest absolute Gasteiger partial charge is 0.435 e. The first-order valence-electron chi connectivity index (χ1n) is 5.12. The van der Waals surface area contributed by atoms with E-state index >= 15 is 0 Å². The van der Waals surface area contributed by atoms with Gasteiger partial charge in [0.2, 0.25) is 0 Å². The second kappa shape index (κ2) is 4.99. The van der Waals surface area contributed by atoms with Crippen LogP contribution in [0.4, 0.5) is 0 Å². The summed E-state index contributed by atoms with van der Waals surface area (Å²) in [5.41, 5.74) is 1.28. The van der Waals surface area contributed by atoms with Crippen molar-refractivity contribution in [2.24, 2.45) is 11.8 Å². The lowest BCUT2D eigenvalue weighted by Crippen LogP contribution is -2.08. The molecule has 0 aliphatic heterocycles. The molecular formula is C12H18O2. The van der Waals surface area contributed by atoms with Gasteiger partial charge in [-0.1, -0.05) is 19.9 Å². The maximum Gasteiger partial charge on any atom is 0.307 e. The number of carbonyl (C=O) groups is 1. The van der Waals surface area contributed by atoms with Gasteiger partial charge in [-0.05, 0) is 36.3 Å².